The van der Waals surface area contributed by atoms with Crippen molar-refractivity contribution >= 4 is 39.1 Å². The van der Waals surface area contributed by atoms with Gasteiger partial charge in [-0.2, -0.15) is 0 Å². The van der Waals surface area contributed by atoms with Crippen LogP contribution in [0.4, 0.5) is 5.69 Å². The summed E-state index contributed by atoms with van der Waals surface area (Å²) in [6.07, 6.45) is 0.779. The van der Waals surface area contributed by atoms with Gasteiger partial charge in [-0.3, -0.25) is 4.79 Å². The summed E-state index contributed by atoms with van der Waals surface area (Å²) in [6.45, 7) is 1.89. The van der Waals surface area contributed by atoms with Crippen LogP contribution in [0, 0.1) is 5.41 Å². The average Bonchev–Trinajstić information content (AvgIpc) is 2.84. The largest absolute Gasteiger partial charge is 0.384 e. The zero-order valence-electron chi connectivity index (χ0n) is 10.6. The number of ether oxygens (including phenoxy) is 1. The quantitative estimate of drug-likeness (QED) is 0.880. The molecule has 104 valence electrons. The summed E-state index contributed by atoms with van der Waals surface area (Å²) in [5, 5.41) is 6.76. The summed E-state index contributed by atoms with van der Waals surface area (Å²) in [4.78, 5) is 12.4. The Morgan fingerprint density at radius 3 is 3.00 bits per heavy atom. The SMILES string of the molecule is COCC1(C(=O)Nc2ccc(Cl)c(Br)c2)CCNC1. The van der Waals surface area contributed by atoms with E-state index in [2.05, 4.69) is 26.6 Å². The predicted molar refractivity (Wildman–Crippen MR) is 79.6 cm³/mol. The zero-order chi connectivity index (χ0) is 13.9. The molecule has 2 rings (SSSR count). The van der Waals surface area contributed by atoms with Gasteiger partial charge in [-0.1, -0.05) is 11.6 Å². The topological polar surface area (TPSA) is 50.4 Å². The molecular formula is C13H16BrClN2O2. The number of benzene rings is 1. The Balaban J connectivity index is 2.12. The number of anilines is 1. The Morgan fingerprint density at radius 2 is 2.42 bits per heavy atom. The van der Waals surface area contributed by atoms with Gasteiger partial charge in [0.05, 0.1) is 17.0 Å². The van der Waals surface area contributed by atoms with Crippen LogP contribution in [-0.2, 0) is 9.53 Å². The van der Waals surface area contributed by atoms with E-state index in [-0.39, 0.29) is 5.91 Å². The summed E-state index contributed by atoms with van der Waals surface area (Å²) < 4.78 is 5.96. The van der Waals surface area contributed by atoms with Crippen molar-refractivity contribution in [2.45, 2.75) is 6.42 Å². The summed E-state index contributed by atoms with van der Waals surface area (Å²) in [5.74, 6) is -0.0198. The van der Waals surface area contributed by atoms with Crippen molar-refractivity contribution in [1.82, 2.24) is 5.32 Å². The van der Waals surface area contributed by atoms with Crippen molar-refractivity contribution in [3.8, 4) is 0 Å². The van der Waals surface area contributed by atoms with E-state index in [4.69, 9.17) is 16.3 Å². The number of hydrogen-bond acceptors (Lipinski definition) is 3. The Morgan fingerprint density at radius 1 is 1.63 bits per heavy atom. The molecule has 2 N–H and O–H groups in total. The molecule has 1 unspecified atom stereocenters. The Labute approximate surface area is 126 Å². The second-order valence-electron chi connectivity index (χ2n) is 4.72. The fourth-order valence-electron chi connectivity index (χ4n) is 2.24. The van der Waals surface area contributed by atoms with Crippen LogP contribution >= 0.6 is 27.5 Å². The smallest absolute Gasteiger partial charge is 0.234 e. The van der Waals surface area contributed by atoms with Crippen LogP contribution in [0.25, 0.3) is 0 Å². The Bertz CT molecular complexity index is 476. The van der Waals surface area contributed by atoms with E-state index in [1.165, 1.54) is 0 Å². The van der Waals surface area contributed by atoms with E-state index in [1.54, 1.807) is 25.3 Å². The highest BCUT2D eigenvalue weighted by Crippen LogP contribution is 2.30. The van der Waals surface area contributed by atoms with Crippen molar-refractivity contribution < 1.29 is 9.53 Å². The maximum atomic E-state index is 12.4. The lowest BCUT2D eigenvalue weighted by molar-refractivity contribution is -0.127. The van der Waals surface area contributed by atoms with Gasteiger partial charge in [0.1, 0.15) is 0 Å². The Hall–Kier alpha value is -0.620. The molecule has 6 heteroatoms. The molecule has 0 aromatic heterocycles. The highest BCUT2D eigenvalue weighted by atomic mass is 79.9. The third kappa shape index (κ3) is 3.28. The molecule has 4 nitrogen and oxygen atoms in total. The summed E-state index contributed by atoms with van der Waals surface area (Å²) >= 11 is 9.28. The molecule has 1 saturated heterocycles. The van der Waals surface area contributed by atoms with Crippen LogP contribution in [0.3, 0.4) is 0 Å². The molecule has 1 aromatic carbocycles. The molecule has 0 radical (unpaired) electrons. The normalized spacial score (nSPS) is 22.5. The number of halogens is 2. The molecular weight excluding hydrogens is 332 g/mol. The average molecular weight is 348 g/mol. The minimum absolute atomic E-state index is 0.0198. The molecule has 1 fully saturated rings. The lowest BCUT2D eigenvalue weighted by Gasteiger charge is -2.26. The van der Waals surface area contributed by atoms with E-state index >= 15 is 0 Å². The van der Waals surface area contributed by atoms with Gasteiger partial charge in [-0.05, 0) is 47.1 Å². The van der Waals surface area contributed by atoms with Crippen molar-refractivity contribution in [3.05, 3.63) is 27.7 Å². The standard InChI is InChI=1S/C13H16BrClN2O2/c1-19-8-13(4-5-16-7-13)12(18)17-9-2-3-11(15)10(14)6-9/h2-3,6,16H,4-5,7-8H2,1H3,(H,17,18). The fraction of sp³-hybridized carbons (Fsp3) is 0.462. The van der Waals surface area contributed by atoms with E-state index in [1.807, 2.05) is 0 Å². The lowest BCUT2D eigenvalue weighted by Crippen LogP contribution is -2.41. The zero-order valence-corrected chi connectivity index (χ0v) is 13.0. The summed E-state index contributed by atoms with van der Waals surface area (Å²) in [5.41, 5.74) is 0.240. The van der Waals surface area contributed by atoms with Gasteiger partial charge in [-0.25, -0.2) is 0 Å². The minimum Gasteiger partial charge on any atom is -0.384 e. The summed E-state index contributed by atoms with van der Waals surface area (Å²) in [6, 6.07) is 5.33. The number of hydrogen-bond donors (Lipinski definition) is 2. The first-order valence-corrected chi connectivity index (χ1v) is 7.21. The number of rotatable bonds is 4. The van der Waals surface area contributed by atoms with Gasteiger partial charge in [0.2, 0.25) is 5.91 Å². The molecule has 1 aliphatic heterocycles. The second-order valence-corrected chi connectivity index (χ2v) is 5.98. The summed E-state index contributed by atoms with van der Waals surface area (Å²) in [7, 11) is 1.62. The van der Waals surface area contributed by atoms with Crippen LogP contribution in [0.5, 0.6) is 0 Å². The third-order valence-electron chi connectivity index (χ3n) is 3.32. The van der Waals surface area contributed by atoms with Gasteiger partial charge < -0.3 is 15.4 Å². The number of carbonyl (C=O) groups excluding carboxylic acids is 1. The highest BCUT2D eigenvalue weighted by molar-refractivity contribution is 9.10. The first-order valence-electron chi connectivity index (χ1n) is 6.03. The van der Waals surface area contributed by atoms with Crippen LogP contribution in [0.1, 0.15) is 6.42 Å². The molecule has 1 atom stereocenters. The van der Waals surface area contributed by atoms with Gasteiger partial charge in [0.25, 0.3) is 0 Å². The molecule has 0 spiro atoms. The van der Waals surface area contributed by atoms with E-state index in [0.29, 0.717) is 18.2 Å². The molecule has 0 bridgehead atoms. The second kappa shape index (κ2) is 6.22. The predicted octanol–water partition coefficient (Wildman–Crippen LogP) is 2.67. The van der Waals surface area contributed by atoms with Gasteiger partial charge in [0, 0.05) is 23.8 Å². The number of methoxy groups -OCH3 is 1. The maximum absolute atomic E-state index is 12.4. The first kappa shape index (κ1) is 14.8. The van der Waals surface area contributed by atoms with Crippen molar-refractivity contribution in [2.24, 2.45) is 5.41 Å². The van der Waals surface area contributed by atoms with Crippen molar-refractivity contribution in [3.63, 3.8) is 0 Å². The van der Waals surface area contributed by atoms with E-state index in [9.17, 15) is 4.79 Å². The van der Waals surface area contributed by atoms with Crippen LogP contribution in [-0.4, -0.2) is 32.7 Å². The maximum Gasteiger partial charge on any atom is 0.234 e. The highest BCUT2D eigenvalue weighted by Gasteiger charge is 2.41. The monoisotopic (exact) mass is 346 g/mol. The van der Waals surface area contributed by atoms with Crippen molar-refractivity contribution in [1.29, 1.82) is 0 Å². The first-order chi connectivity index (χ1) is 9.07. The van der Waals surface area contributed by atoms with Crippen LogP contribution in [0.15, 0.2) is 22.7 Å². The molecule has 19 heavy (non-hydrogen) atoms. The van der Waals surface area contributed by atoms with Gasteiger partial charge in [0.15, 0.2) is 0 Å². The molecule has 1 aromatic rings. The molecule has 0 saturated carbocycles. The molecule has 1 aliphatic rings. The number of carbonyl (C=O) groups is 1. The van der Waals surface area contributed by atoms with E-state index < -0.39 is 5.41 Å². The van der Waals surface area contributed by atoms with Crippen molar-refractivity contribution in [2.75, 3.05) is 32.1 Å². The lowest BCUT2D eigenvalue weighted by atomic mass is 9.87. The third-order valence-corrected chi connectivity index (χ3v) is 4.54. The van der Waals surface area contributed by atoms with Crippen LogP contribution in [0.2, 0.25) is 5.02 Å². The Kier molecular flexibility index (Phi) is 4.84. The number of nitrogens with one attached hydrogen (secondary N) is 2. The van der Waals surface area contributed by atoms with Crippen LogP contribution < -0.4 is 10.6 Å². The molecule has 0 aliphatic carbocycles. The minimum atomic E-state index is -0.485. The molecule has 1 amide bonds. The van der Waals surface area contributed by atoms with E-state index in [0.717, 1.165) is 23.1 Å². The molecule has 1 heterocycles. The number of amides is 1. The van der Waals surface area contributed by atoms with Gasteiger partial charge >= 0.3 is 0 Å². The fourth-order valence-corrected chi connectivity index (χ4v) is 2.74. The van der Waals surface area contributed by atoms with Gasteiger partial charge in [-0.15, -0.1) is 0 Å².